The number of hydrogen-bond donors (Lipinski definition) is 2. The van der Waals surface area contributed by atoms with E-state index in [0.29, 0.717) is 12.4 Å². The number of nitrogens with one attached hydrogen (secondary N) is 1. The highest BCUT2D eigenvalue weighted by molar-refractivity contribution is 5.75. The first-order valence-corrected chi connectivity index (χ1v) is 11.8. The fraction of sp³-hybridized carbons (Fsp3) is 0.346. The molecular weight excluding hydrogens is 428 g/mol. The predicted molar refractivity (Wildman–Crippen MR) is 134 cm³/mol. The Balaban J connectivity index is 1.26. The van der Waals surface area contributed by atoms with Gasteiger partial charge in [0.05, 0.1) is 18.9 Å². The molecule has 2 aromatic carbocycles. The molecule has 1 aromatic heterocycles. The van der Waals surface area contributed by atoms with E-state index in [9.17, 15) is 4.79 Å². The smallest absolute Gasteiger partial charge is 0.227 e. The maximum Gasteiger partial charge on any atom is 0.227 e. The third-order valence-corrected chi connectivity index (χ3v) is 6.46. The van der Waals surface area contributed by atoms with Crippen LogP contribution in [-0.4, -0.2) is 54.8 Å². The van der Waals surface area contributed by atoms with Gasteiger partial charge in [-0.25, -0.2) is 9.97 Å². The van der Waals surface area contributed by atoms with Crippen molar-refractivity contribution >= 4 is 28.9 Å². The van der Waals surface area contributed by atoms with Crippen LogP contribution in [-0.2, 0) is 9.53 Å². The van der Waals surface area contributed by atoms with Crippen LogP contribution in [0, 0.1) is 0 Å². The minimum Gasteiger partial charge on any atom is -0.378 e. The fourth-order valence-corrected chi connectivity index (χ4v) is 4.73. The summed E-state index contributed by atoms with van der Waals surface area (Å²) in [6.07, 6.45) is 4.24. The summed E-state index contributed by atoms with van der Waals surface area (Å²) in [6.45, 7) is 4.32. The van der Waals surface area contributed by atoms with Gasteiger partial charge >= 0.3 is 0 Å². The topological polar surface area (TPSA) is 96.6 Å². The van der Waals surface area contributed by atoms with Crippen LogP contribution in [0.3, 0.4) is 0 Å². The average molecular weight is 459 g/mol. The molecule has 2 aliphatic rings. The summed E-state index contributed by atoms with van der Waals surface area (Å²) in [5, 5.41) is 3.31. The summed E-state index contributed by atoms with van der Waals surface area (Å²) in [5.41, 5.74) is 10.5. The molecule has 0 unspecified atom stereocenters. The van der Waals surface area contributed by atoms with Crippen molar-refractivity contribution in [3.63, 3.8) is 0 Å². The third kappa shape index (κ3) is 5.12. The van der Waals surface area contributed by atoms with Crippen LogP contribution in [0.5, 0.6) is 0 Å². The number of nitrogens with two attached hydrogens (primary N) is 1. The van der Waals surface area contributed by atoms with Crippen LogP contribution in [0.15, 0.2) is 60.8 Å². The SMILES string of the molecule is NC(=O)C[C@@H]1CCCN1c1ccc(-c2ccnc(Nc3ccc(N4CCOCC4)cc3)n2)cc1. The van der Waals surface area contributed by atoms with E-state index in [1.165, 1.54) is 5.69 Å². The number of benzene rings is 2. The highest BCUT2D eigenvalue weighted by atomic mass is 16.5. The number of morpholine rings is 1. The van der Waals surface area contributed by atoms with Crippen LogP contribution >= 0.6 is 0 Å². The van der Waals surface area contributed by atoms with Gasteiger partial charge in [-0.05, 0) is 55.3 Å². The zero-order valence-corrected chi connectivity index (χ0v) is 19.2. The van der Waals surface area contributed by atoms with Crippen molar-refractivity contribution in [3.8, 4) is 11.3 Å². The summed E-state index contributed by atoms with van der Waals surface area (Å²) in [4.78, 5) is 25.1. The lowest BCUT2D eigenvalue weighted by Gasteiger charge is -2.28. The Hall–Kier alpha value is -3.65. The van der Waals surface area contributed by atoms with E-state index in [2.05, 4.69) is 56.5 Å². The first-order valence-electron chi connectivity index (χ1n) is 11.8. The molecule has 1 amide bonds. The molecule has 3 aromatic rings. The van der Waals surface area contributed by atoms with Crippen molar-refractivity contribution < 1.29 is 9.53 Å². The molecule has 2 fully saturated rings. The van der Waals surface area contributed by atoms with Crippen LogP contribution in [0.4, 0.5) is 23.0 Å². The van der Waals surface area contributed by atoms with Gasteiger partial charge < -0.3 is 25.6 Å². The molecule has 5 rings (SSSR count). The molecule has 8 heteroatoms. The van der Waals surface area contributed by atoms with Crippen molar-refractivity contribution in [1.29, 1.82) is 0 Å². The van der Waals surface area contributed by atoms with Crippen molar-refractivity contribution in [2.24, 2.45) is 5.73 Å². The molecular formula is C26H30N6O2. The molecule has 0 radical (unpaired) electrons. The molecule has 34 heavy (non-hydrogen) atoms. The monoisotopic (exact) mass is 458 g/mol. The highest BCUT2D eigenvalue weighted by Gasteiger charge is 2.26. The number of amides is 1. The van der Waals surface area contributed by atoms with Crippen molar-refractivity contribution in [1.82, 2.24) is 9.97 Å². The number of ether oxygens (including phenoxy) is 1. The molecule has 0 aliphatic carbocycles. The van der Waals surface area contributed by atoms with E-state index in [0.717, 1.165) is 68.3 Å². The summed E-state index contributed by atoms with van der Waals surface area (Å²) < 4.78 is 5.43. The zero-order chi connectivity index (χ0) is 23.3. The maximum atomic E-state index is 11.4. The number of carbonyl (C=O) groups excluding carboxylic acids is 1. The Morgan fingerprint density at radius 1 is 1.00 bits per heavy atom. The van der Waals surface area contributed by atoms with Gasteiger partial charge in [-0.15, -0.1) is 0 Å². The second-order valence-electron chi connectivity index (χ2n) is 8.74. The Kier molecular flexibility index (Phi) is 6.58. The molecule has 0 spiro atoms. The molecule has 8 nitrogen and oxygen atoms in total. The molecule has 3 N–H and O–H groups in total. The standard InChI is InChI=1S/C26H30N6O2/c27-25(33)18-23-2-1-13-32(23)22-7-3-19(4-8-22)24-11-12-28-26(30-24)29-20-5-9-21(10-6-20)31-14-16-34-17-15-31/h3-12,23H,1-2,13-18H2,(H2,27,33)(H,28,29,30)/t23-/m0/s1. The van der Waals surface area contributed by atoms with E-state index < -0.39 is 0 Å². The largest absolute Gasteiger partial charge is 0.378 e. The number of anilines is 4. The van der Waals surface area contributed by atoms with Crippen LogP contribution in [0.1, 0.15) is 19.3 Å². The zero-order valence-electron chi connectivity index (χ0n) is 19.2. The van der Waals surface area contributed by atoms with Gasteiger partial charge in [-0.2, -0.15) is 0 Å². The van der Waals surface area contributed by atoms with Crippen molar-refractivity contribution in [2.45, 2.75) is 25.3 Å². The van der Waals surface area contributed by atoms with Crippen LogP contribution < -0.4 is 20.9 Å². The van der Waals surface area contributed by atoms with Crippen molar-refractivity contribution in [2.75, 3.05) is 48.0 Å². The van der Waals surface area contributed by atoms with Crippen LogP contribution in [0.25, 0.3) is 11.3 Å². The second-order valence-corrected chi connectivity index (χ2v) is 8.74. The molecule has 0 bridgehead atoms. The summed E-state index contributed by atoms with van der Waals surface area (Å²) >= 11 is 0. The second kappa shape index (κ2) is 10.1. The molecule has 176 valence electrons. The van der Waals surface area contributed by atoms with E-state index in [1.807, 2.05) is 18.2 Å². The predicted octanol–water partition coefficient (Wildman–Crippen LogP) is 3.57. The Morgan fingerprint density at radius 3 is 2.47 bits per heavy atom. The number of aromatic nitrogens is 2. The normalized spacial score (nSPS) is 18.2. The number of hydrogen-bond acceptors (Lipinski definition) is 7. The van der Waals surface area contributed by atoms with Crippen LogP contribution in [0.2, 0.25) is 0 Å². The highest BCUT2D eigenvalue weighted by Crippen LogP contribution is 2.29. The maximum absolute atomic E-state index is 11.4. The van der Waals surface area contributed by atoms with Gasteiger partial charge in [0.15, 0.2) is 0 Å². The lowest BCUT2D eigenvalue weighted by molar-refractivity contribution is -0.118. The number of nitrogens with zero attached hydrogens (tertiary/aromatic N) is 4. The minimum atomic E-state index is -0.245. The van der Waals surface area contributed by atoms with Gasteiger partial charge in [-0.1, -0.05) is 12.1 Å². The van der Waals surface area contributed by atoms with E-state index in [4.69, 9.17) is 15.5 Å². The first-order chi connectivity index (χ1) is 16.7. The molecule has 2 aliphatic heterocycles. The summed E-state index contributed by atoms with van der Waals surface area (Å²) in [6, 6.07) is 18.7. The molecule has 1 atom stereocenters. The van der Waals surface area contributed by atoms with Gasteiger partial charge in [0, 0.05) is 60.9 Å². The van der Waals surface area contributed by atoms with Gasteiger partial charge in [0.25, 0.3) is 0 Å². The summed E-state index contributed by atoms with van der Waals surface area (Å²) in [7, 11) is 0. The van der Waals surface area contributed by atoms with E-state index in [-0.39, 0.29) is 11.9 Å². The lowest BCUT2D eigenvalue weighted by Crippen LogP contribution is -2.36. The van der Waals surface area contributed by atoms with Crippen molar-refractivity contribution in [3.05, 3.63) is 60.8 Å². The quantitative estimate of drug-likeness (QED) is 0.559. The lowest BCUT2D eigenvalue weighted by atomic mass is 10.1. The summed E-state index contributed by atoms with van der Waals surface area (Å²) in [5.74, 6) is 0.312. The molecule has 0 saturated carbocycles. The Bertz CT molecular complexity index is 1110. The number of rotatable bonds is 7. The van der Waals surface area contributed by atoms with Gasteiger partial charge in [0.1, 0.15) is 0 Å². The Morgan fingerprint density at radius 2 is 1.74 bits per heavy atom. The average Bonchev–Trinajstić information content (AvgIpc) is 3.33. The fourth-order valence-electron chi connectivity index (χ4n) is 4.73. The third-order valence-electron chi connectivity index (χ3n) is 6.46. The first kappa shape index (κ1) is 22.2. The van der Waals surface area contributed by atoms with E-state index in [1.54, 1.807) is 6.20 Å². The van der Waals surface area contributed by atoms with E-state index >= 15 is 0 Å². The van der Waals surface area contributed by atoms with Gasteiger partial charge in [-0.3, -0.25) is 4.79 Å². The number of primary amides is 1. The Labute approximate surface area is 199 Å². The molecule has 2 saturated heterocycles. The molecule has 3 heterocycles. The van der Waals surface area contributed by atoms with Gasteiger partial charge in [0.2, 0.25) is 11.9 Å². The minimum absolute atomic E-state index is 0.188. The number of carbonyl (C=O) groups is 1.